The SMILES string of the molecule is CNC(=O)[C@H](Cc1ccc(C#N)cc1)NC(=O)[C@@H]1C[C@@H]2CCCC[C@@H]2N1C(=O)O. The lowest BCUT2D eigenvalue weighted by Crippen LogP contribution is -2.54. The van der Waals surface area contributed by atoms with E-state index >= 15 is 0 Å². The lowest BCUT2D eigenvalue weighted by molar-refractivity contribution is -0.131. The number of likely N-dealkylation sites (N-methyl/N-ethyl adjacent to an activating group) is 1. The highest BCUT2D eigenvalue weighted by atomic mass is 16.4. The minimum absolute atomic E-state index is 0.117. The van der Waals surface area contributed by atoms with E-state index in [0.29, 0.717) is 12.0 Å². The van der Waals surface area contributed by atoms with Crippen LogP contribution in [0.4, 0.5) is 4.79 Å². The molecule has 2 fully saturated rings. The summed E-state index contributed by atoms with van der Waals surface area (Å²) in [5.41, 5.74) is 1.31. The van der Waals surface area contributed by atoms with Gasteiger partial charge in [-0.3, -0.25) is 14.5 Å². The number of nitriles is 1. The molecular weight excluding hydrogens is 372 g/mol. The highest BCUT2D eigenvalue weighted by molar-refractivity contribution is 5.91. The molecule has 4 atom stereocenters. The van der Waals surface area contributed by atoms with E-state index in [1.54, 1.807) is 24.3 Å². The summed E-state index contributed by atoms with van der Waals surface area (Å²) in [6.45, 7) is 0. The van der Waals surface area contributed by atoms with Gasteiger partial charge in [-0.1, -0.05) is 25.0 Å². The van der Waals surface area contributed by atoms with Gasteiger partial charge in [0.15, 0.2) is 0 Å². The number of nitrogens with one attached hydrogen (secondary N) is 2. The van der Waals surface area contributed by atoms with Crippen LogP contribution in [0, 0.1) is 17.2 Å². The van der Waals surface area contributed by atoms with Crippen molar-refractivity contribution in [3.05, 3.63) is 35.4 Å². The van der Waals surface area contributed by atoms with Crippen molar-refractivity contribution in [3.8, 4) is 6.07 Å². The normalized spacial score (nSPS) is 24.1. The van der Waals surface area contributed by atoms with E-state index in [1.165, 1.54) is 11.9 Å². The van der Waals surface area contributed by atoms with Crippen molar-refractivity contribution in [3.63, 3.8) is 0 Å². The average molecular weight is 398 g/mol. The molecule has 0 bridgehead atoms. The number of carbonyl (C=O) groups excluding carboxylic acids is 2. The van der Waals surface area contributed by atoms with Crippen LogP contribution in [0.15, 0.2) is 24.3 Å². The summed E-state index contributed by atoms with van der Waals surface area (Å²) >= 11 is 0. The van der Waals surface area contributed by atoms with Gasteiger partial charge in [0.25, 0.3) is 0 Å². The van der Waals surface area contributed by atoms with Crippen molar-refractivity contribution in [2.24, 2.45) is 5.92 Å². The molecule has 3 rings (SSSR count). The number of fused-ring (bicyclic) bond motifs is 1. The van der Waals surface area contributed by atoms with Crippen molar-refractivity contribution in [2.75, 3.05) is 7.05 Å². The molecule has 1 aliphatic heterocycles. The maximum Gasteiger partial charge on any atom is 0.408 e. The first-order chi connectivity index (χ1) is 13.9. The standard InChI is InChI=1S/C21H26N4O4/c1-23-19(26)16(10-13-6-8-14(12-22)9-7-13)24-20(27)18-11-15-4-2-3-5-17(15)25(18)21(28)29/h6-9,15-18H,2-5,10-11H2,1H3,(H,23,26)(H,24,27)(H,28,29)/t15-,16-,17-,18-/m0/s1. The molecule has 0 unspecified atom stereocenters. The quantitative estimate of drug-likeness (QED) is 0.696. The Kier molecular flexibility index (Phi) is 6.37. The third kappa shape index (κ3) is 4.50. The molecule has 154 valence electrons. The number of hydrogen-bond acceptors (Lipinski definition) is 4. The number of carbonyl (C=O) groups is 3. The van der Waals surface area contributed by atoms with Crippen molar-refractivity contribution in [1.29, 1.82) is 5.26 Å². The van der Waals surface area contributed by atoms with Crippen LogP contribution in [-0.2, 0) is 16.0 Å². The molecule has 1 aromatic rings. The largest absolute Gasteiger partial charge is 0.465 e. The van der Waals surface area contributed by atoms with Gasteiger partial charge in [-0.15, -0.1) is 0 Å². The predicted octanol–water partition coefficient (Wildman–Crippen LogP) is 1.64. The number of nitrogens with zero attached hydrogens (tertiary/aromatic N) is 2. The Morgan fingerprint density at radius 3 is 2.55 bits per heavy atom. The minimum atomic E-state index is -1.08. The summed E-state index contributed by atoms with van der Waals surface area (Å²) in [7, 11) is 1.49. The third-order valence-corrected chi connectivity index (χ3v) is 6.01. The van der Waals surface area contributed by atoms with Gasteiger partial charge in [0.1, 0.15) is 12.1 Å². The minimum Gasteiger partial charge on any atom is -0.465 e. The first-order valence-corrected chi connectivity index (χ1v) is 9.97. The summed E-state index contributed by atoms with van der Waals surface area (Å²) in [6, 6.07) is 7.14. The van der Waals surface area contributed by atoms with Gasteiger partial charge < -0.3 is 15.7 Å². The van der Waals surface area contributed by atoms with E-state index in [2.05, 4.69) is 10.6 Å². The van der Waals surface area contributed by atoms with Gasteiger partial charge in [-0.25, -0.2) is 4.79 Å². The van der Waals surface area contributed by atoms with E-state index in [-0.39, 0.29) is 24.3 Å². The zero-order valence-electron chi connectivity index (χ0n) is 16.4. The van der Waals surface area contributed by atoms with Crippen LogP contribution in [0.3, 0.4) is 0 Å². The summed E-state index contributed by atoms with van der Waals surface area (Å²) in [4.78, 5) is 38.5. The lowest BCUT2D eigenvalue weighted by atomic mass is 9.85. The van der Waals surface area contributed by atoms with E-state index in [0.717, 1.165) is 31.2 Å². The van der Waals surface area contributed by atoms with E-state index in [9.17, 15) is 19.5 Å². The second-order valence-corrected chi connectivity index (χ2v) is 7.74. The van der Waals surface area contributed by atoms with Crippen LogP contribution in [0.25, 0.3) is 0 Å². The number of benzene rings is 1. The zero-order valence-corrected chi connectivity index (χ0v) is 16.4. The zero-order chi connectivity index (χ0) is 21.0. The number of carboxylic acid groups (broad SMARTS) is 1. The van der Waals surface area contributed by atoms with Crippen molar-refractivity contribution >= 4 is 17.9 Å². The fourth-order valence-electron chi connectivity index (χ4n) is 4.57. The smallest absolute Gasteiger partial charge is 0.408 e. The first kappa shape index (κ1) is 20.6. The van der Waals surface area contributed by atoms with E-state index < -0.39 is 24.1 Å². The Morgan fingerprint density at radius 2 is 1.93 bits per heavy atom. The molecule has 1 heterocycles. The van der Waals surface area contributed by atoms with Crippen LogP contribution in [0.1, 0.15) is 43.2 Å². The summed E-state index contributed by atoms with van der Waals surface area (Å²) < 4.78 is 0. The second-order valence-electron chi connectivity index (χ2n) is 7.74. The van der Waals surface area contributed by atoms with Gasteiger partial charge in [0, 0.05) is 19.5 Å². The second kappa shape index (κ2) is 8.95. The van der Waals surface area contributed by atoms with E-state index in [4.69, 9.17) is 5.26 Å². The maximum absolute atomic E-state index is 13.0. The Bertz CT molecular complexity index is 817. The van der Waals surface area contributed by atoms with Gasteiger partial charge in [-0.05, 0) is 42.9 Å². The fourth-order valence-corrected chi connectivity index (χ4v) is 4.57. The number of rotatable bonds is 5. The number of amides is 3. The summed E-state index contributed by atoms with van der Waals surface area (Å²) in [5.74, 6) is -0.573. The van der Waals surface area contributed by atoms with Crippen LogP contribution < -0.4 is 10.6 Å². The van der Waals surface area contributed by atoms with Crippen molar-refractivity contribution in [2.45, 2.75) is 56.7 Å². The summed E-state index contributed by atoms with van der Waals surface area (Å²) in [5, 5.41) is 23.9. The highest BCUT2D eigenvalue weighted by Crippen LogP contribution is 2.39. The van der Waals surface area contributed by atoms with E-state index in [1.807, 2.05) is 6.07 Å². The lowest BCUT2D eigenvalue weighted by Gasteiger charge is -2.31. The van der Waals surface area contributed by atoms with Gasteiger partial charge in [0.05, 0.1) is 11.6 Å². The van der Waals surface area contributed by atoms with Crippen LogP contribution in [-0.4, -0.2) is 53.1 Å². The van der Waals surface area contributed by atoms with Gasteiger partial charge >= 0.3 is 6.09 Å². The van der Waals surface area contributed by atoms with Crippen molar-refractivity contribution in [1.82, 2.24) is 15.5 Å². The summed E-state index contributed by atoms with van der Waals surface area (Å²) in [6.07, 6.45) is 3.42. The Labute approximate surface area is 169 Å². The molecule has 1 aliphatic carbocycles. The molecule has 29 heavy (non-hydrogen) atoms. The van der Waals surface area contributed by atoms with Crippen LogP contribution >= 0.6 is 0 Å². The Balaban J connectivity index is 1.74. The molecule has 3 N–H and O–H groups in total. The average Bonchev–Trinajstić information content (AvgIpc) is 3.13. The van der Waals surface area contributed by atoms with Crippen LogP contribution in [0.2, 0.25) is 0 Å². The van der Waals surface area contributed by atoms with Gasteiger partial charge in [-0.2, -0.15) is 5.26 Å². The molecule has 2 aliphatic rings. The number of hydrogen-bond donors (Lipinski definition) is 3. The Morgan fingerprint density at radius 1 is 1.24 bits per heavy atom. The molecule has 1 aromatic carbocycles. The fraction of sp³-hybridized carbons (Fsp3) is 0.524. The maximum atomic E-state index is 13.0. The molecule has 8 nitrogen and oxygen atoms in total. The molecular formula is C21H26N4O4. The molecule has 8 heteroatoms. The van der Waals surface area contributed by atoms with Crippen molar-refractivity contribution < 1.29 is 19.5 Å². The molecule has 1 saturated carbocycles. The van der Waals surface area contributed by atoms with Crippen LogP contribution in [0.5, 0.6) is 0 Å². The van der Waals surface area contributed by atoms with Gasteiger partial charge in [0.2, 0.25) is 11.8 Å². The monoisotopic (exact) mass is 398 g/mol. The molecule has 0 aromatic heterocycles. The molecule has 3 amide bonds. The Hall–Kier alpha value is -3.08. The first-order valence-electron chi connectivity index (χ1n) is 9.97. The third-order valence-electron chi connectivity index (χ3n) is 6.01. The molecule has 0 spiro atoms. The molecule has 0 radical (unpaired) electrons. The number of likely N-dealkylation sites (tertiary alicyclic amines) is 1. The predicted molar refractivity (Wildman–Crippen MR) is 105 cm³/mol. The molecule has 1 saturated heterocycles. The highest BCUT2D eigenvalue weighted by Gasteiger charge is 2.48. The topological polar surface area (TPSA) is 123 Å².